The van der Waals surface area contributed by atoms with Gasteiger partial charge in [0.25, 0.3) is 0 Å². The molecule has 1 spiro atoms. The summed E-state index contributed by atoms with van der Waals surface area (Å²) in [5, 5.41) is 0. The van der Waals surface area contributed by atoms with E-state index in [1.54, 1.807) is 0 Å². The van der Waals surface area contributed by atoms with Crippen LogP contribution >= 0.6 is 0 Å². The van der Waals surface area contributed by atoms with Crippen LogP contribution in [0.4, 0.5) is 0 Å². The van der Waals surface area contributed by atoms with Gasteiger partial charge in [-0.2, -0.15) is 0 Å². The Kier molecular flexibility index (Phi) is 7.11. The van der Waals surface area contributed by atoms with Crippen molar-refractivity contribution >= 4 is 0 Å². The zero-order chi connectivity index (χ0) is 36.3. The highest BCUT2D eigenvalue weighted by atomic mass is 16.5. The zero-order valence-corrected chi connectivity index (χ0v) is 29.9. The summed E-state index contributed by atoms with van der Waals surface area (Å²) in [5.74, 6) is 3.35. The summed E-state index contributed by atoms with van der Waals surface area (Å²) >= 11 is 0. The van der Waals surface area contributed by atoms with Gasteiger partial charge in [0.1, 0.15) is 23.0 Å². The standard InChI is InChI=1S/C53H34O2/c1-3-13-36(14-4-1)41-29-27-39(33-44(41)37-15-5-2-6-16-37)35-23-25-38(26-24-35)49-31-32-50(54-49)40-28-30-48-52(34-40)55-51-22-12-11-21-47(51)53(48)45-19-9-7-17-42(45)43-18-8-10-20-46(43)53/h1-34H. The van der Waals surface area contributed by atoms with Crippen LogP contribution < -0.4 is 4.74 Å². The minimum Gasteiger partial charge on any atom is -0.457 e. The number of hydrogen-bond donors (Lipinski definition) is 0. The molecule has 0 fully saturated rings. The van der Waals surface area contributed by atoms with Gasteiger partial charge in [0.2, 0.25) is 0 Å². The van der Waals surface area contributed by atoms with E-state index in [0.29, 0.717) is 0 Å². The number of furan rings is 1. The van der Waals surface area contributed by atoms with E-state index in [1.807, 2.05) is 0 Å². The largest absolute Gasteiger partial charge is 0.457 e. The highest BCUT2D eigenvalue weighted by molar-refractivity contribution is 5.90. The van der Waals surface area contributed by atoms with Gasteiger partial charge in [-0.15, -0.1) is 0 Å². The summed E-state index contributed by atoms with van der Waals surface area (Å²) in [5.41, 5.74) is 16.1. The zero-order valence-electron chi connectivity index (χ0n) is 29.9. The minimum atomic E-state index is -0.476. The van der Waals surface area contributed by atoms with Crippen molar-refractivity contribution in [2.75, 3.05) is 0 Å². The van der Waals surface area contributed by atoms with Gasteiger partial charge in [-0.25, -0.2) is 0 Å². The molecule has 9 aromatic rings. The number of hydrogen-bond acceptors (Lipinski definition) is 2. The quantitative estimate of drug-likeness (QED) is 0.178. The molecule has 0 unspecified atom stereocenters. The molecule has 1 aromatic heterocycles. The topological polar surface area (TPSA) is 22.4 Å². The third-order valence-corrected chi connectivity index (χ3v) is 11.4. The number of fused-ring (bicyclic) bond motifs is 9. The van der Waals surface area contributed by atoms with Crippen LogP contribution in [-0.4, -0.2) is 0 Å². The molecule has 2 heterocycles. The predicted octanol–water partition coefficient (Wildman–Crippen LogP) is 14.1. The lowest BCUT2D eigenvalue weighted by molar-refractivity contribution is 0.436. The third-order valence-electron chi connectivity index (χ3n) is 11.4. The second-order valence-electron chi connectivity index (χ2n) is 14.4. The average molecular weight is 703 g/mol. The molecule has 8 aromatic carbocycles. The average Bonchev–Trinajstić information content (AvgIpc) is 3.87. The second kappa shape index (κ2) is 12.5. The number of para-hydroxylation sites is 1. The Hall–Kier alpha value is -7.16. The van der Waals surface area contributed by atoms with Crippen molar-refractivity contribution in [1.82, 2.24) is 0 Å². The maximum atomic E-state index is 6.73. The van der Waals surface area contributed by atoms with Crippen LogP contribution in [0.15, 0.2) is 211 Å². The summed E-state index contributed by atoms with van der Waals surface area (Å²) in [6.45, 7) is 0. The fourth-order valence-electron chi connectivity index (χ4n) is 8.94. The van der Waals surface area contributed by atoms with Gasteiger partial charge < -0.3 is 9.15 Å². The number of rotatable bonds is 5. The number of benzene rings is 8. The molecule has 55 heavy (non-hydrogen) atoms. The Balaban J connectivity index is 0.940. The predicted molar refractivity (Wildman–Crippen MR) is 223 cm³/mol. The summed E-state index contributed by atoms with van der Waals surface area (Å²) in [4.78, 5) is 0. The van der Waals surface area contributed by atoms with Crippen molar-refractivity contribution in [1.29, 1.82) is 0 Å². The van der Waals surface area contributed by atoms with Gasteiger partial charge in [0.15, 0.2) is 0 Å². The first-order chi connectivity index (χ1) is 27.3. The molecule has 0 saturated heterocycles. The molecular weight excluding hydrogens is 669 g/mol. The Morgan fingerprint density at radius 1 is 0.273 bits per heavy atom. The molecule has 0 radical (unpaired) electrons. The molecule has 1 aliphatic carbocycles. The minimum absolute atomic E-state index is 0.476. The van der Waals surface area contributed by atoms with Gasteiger partial charge in [-0.3, -0.25) is 0 Å². The summed E-state index contributed by atoms with van der Waals surface area (Å²) in [7, 11) is 0. The first-order valence-electron chi connectivity index (χ1n) is 18.8. The summed E-state index contributed by atoms with van der Waals surface area (Å²) < 4.78 is 13.3. The van der Waals surface area contributed by atoms with Crippen molar-refractivity contribution < 1.29 is 9.15 Å². The fraction of sp³-hybridized carbons (Fsp3) is 0.0189. The molecule has 0 N–H and O–H groups in total. The lowest BCUT2D eigenvalue weighted by Gasteiger charge is -2.39. The molecule has 1 aliphatic heterocycles. The van der Waals surface area contributed by atoms with E-state index < -0.39 is 5.41 Å². The third kappa shape index (κ3) is 4.89. The summed E-state index contributed by atoms with van der Waals surface area (Å²) in [6, 6.07) is 73.5. The van der Waals surface area contributed by atoms with E-state index in [2.05, 4.69) is 206 Å². The monoisotopic (exact) mass is 702 g/mol. The lowest BCUT2D eigenvalue weighted by atomic mass is 9.66. The van der Waals surface area contributed by atoms with Crippen LogP contribution in [0.3, 0.4) is 0 Å². The van der Waals surface area contributed by atoms with Crippen molar-refractivity contribution in [3.05, 3.63) is 229 Å². The van der Waals surface area contributed by atoms with Gasteiger partial charge in [0.05, 0.1) is 5.41 Å². The van der Waals surface area contributed by atoms with E-state index >= 15 is 0 Å². The van der Waals surface area contributed by atoms with E-state index in [1.165, 1.54) is 55.6 Å². The van der Waals surface area contributed by atoms with E-state index in [-0.39, 0.29) is 0 Å². The molecule has 11 rings (SSSR count). The van der Waals surface area contributed by atoms with Crippen molar-refractivity contribution in [3.63, 3.8) is 0 Å². The first-order valence-corrected chi connectivity index (χ1v) is 18.8. The van der Waals surface area contributed by atoms with Crippen LogP contribution in [0.2, 0.25) is 0 Å². The Morgan fingerprint density at radius 2 is 0.782 bits per heavy atom. The maximum absolute atomic E-state index is 6.73. The highest BCUT2D eigenvalue weighted by Gasteiger charge is 2.50. The van der Waals surface area contributed by atoms with Gasteiger partial charge >= 0.3 is 0 Å². The molecule has 0 saturated carbocycles. The SMILES string of the molecule is c1ccc(-c2ccc(-c3ccc(-c4ccc(-c5ccc6c(c5)Oc5ccccc5C65c6ccccc6-c6ccccc65)o4)cc3)cc2-c2ccccc2)cc1. The molecule has 258 valence electrons. The molecule has 0 amide bonds. The van der Waals surface area contributed by atoms with Crippen LogP contribution in [-0.2, 0) is 5.41 Å². The first kappa shape index (κ1) is 31.4. The normalized spacial score (nSPS) is 13.0. The molecule has 2 aliphatic rings. The van der Waals surface area contributed by atoms with Crippen molar-refractivity contribution in [2.45, 2.75) is 5.41 Å². The molecule has 2 heteroatoms. The number of ether oxygens (including phenoxy) is 1. The Bertz CT molecular complexity index is 2840. The molecular formula is C53H34O2. The molecule has 0 atom stereocenters. The van der Waals surface area contributed by atoms with Crippen molar-refractivity contribution in [2.24, 2.45) is 0 Å². The smallest absolute Gasteiger partial charge is 0.134 e. The Morgan fingerprint density at radius 3 is 1.47 bits per heavy atom. The van der Waals surface area contributed by atoms with Gasteiger partial charge in [-0.1, -0.05) is 176 Å². The fourth-order valence-corrected chi connectivity index (χ4v) is 8.94. The van der Waals surface area contributed by atoms with E-state index in [9.17, 15) is 0 Å². The lowest BCUT2D eigenvalue weighted by Crippen LogP contribution is -2.32. The maximum Gasteiger partial charge on any atom is 0.134 e. The van der Waals surface area contributed by atoms with Crippen LogP contribution in [0.5, 0.6) is 11.5 Å². The second-order valence-corrected chi connectivity index (χ2v) is 14.4. The van der Waals surface area contributed by atoms with Crippen LogP contribution in [0.1, 0.15) is 22.3 Å². The Labute approximate surface area is 320 Å². The molecule has 0 bridgehead atoms. The molecule has 2 nitrogen and oxygen atoms in total. The summed E-state index contributed by atoms with van der Waals surface area (Å²) in [6.07, 6.45) is 0. The van der Waals surface area contributed by atoms with E-state index in [0.717, 1.165) is 45.3 Å². The highest BCUT2D eigenvalue weighted by Crippen LogP contribution is 2.62. The van der Waals surface area contributed by atoms with Crippen molar-refractivity contribution in [3.8, 4) is 78.7 Å². The van der Waals surface area contributed by atoms with Gasteiger partial charge in [-0.05, 0) is 86.0 Å². The van der Waals surface area contributed by atoms with Gasteiger partial charge in [0, 0.05) is 22.3 Å². The van der Waals surface area contributed by atoms with Crippen LogP contribution in [0, 0.1) is 0 Å². The van der Waals surface area contributed by atoms with Crippen LogP contribution in [0.25, 0.3) is 67.2 Å². The van der Waals surface area contributed by atoms with E-state index in [4.69, 9.17) is 9.15 Å².